The van der Waals surface area contributed by atoms with Gasteiger partial charge in [-0.15, -0.1) is 0 Å². The Bertz CT molecular complexity index is 1570. The molecular weight excluding hydrogens is 627 g/mol. The zero-order valence-electron chi connectivity index (χ0n) is 25.1. The molecule has 8 atom stereocenters. The number of rotatable bonds is 3. The highest BCUT2D eigenvalue weighted by Gasteiger charge is 2.59. The maximum atomic E-state index is 12.6. The van der Waals surface area contributed by atoms with Gasteiger partial charge in [-0.2, -0.15) is 0 Å². The van der Waals surface area contributed by atoms with E-state index >= 15 is 0 Å². The minimum atomic E-state index is -1.49. The van der Waals surface area contributed by atoms with E-state index in [9.17, 15) is 25.2 Å². The van der Waals surface area contributed by atoms with Crippen molar-refractivity contribution in [3.8, 4) is 11.5 Å². The lowest BCUT2D eigenvalue weighted by Crippen LogP contribution is -2.67. The number of nitrogens with zero attached hydrogens (tertiary/aromatic N) is 1. The molecule has 0 saturated carbocycles. The van der Waals surface area contributed by atoms with E-state index in [4.69, 9.17) is 47.9 Å². The molecule has 0 radical (unpaired) electrons. The smallest absolute Gasteiger partial charge is 0.307 e. The number of fused-ring (bicyclic) bond motifs is 1. The largest absolute Gasteiger partial charge is 0.504 e. The summed E-state index contributed by atoms with van der Waals surface area (Å²) in [5, 5.41) is 44.8. The van der Waals surface area contributed by atoms with Crippen molar-refractivity contribution in [3.63, 3.8) is 0 Å². The van der Waals surface area contributed by atoms with E-state index in [-0.39, 0.29) is 34.6 Å². The quantitative estimate of drug-likeness (QED) is 0.306. The van der Waals surface area contributed by atoms with Crippen molar-refractivity contribution in [1.29, 1.82) is 0 Å². The van der Waals surface area contributed by atoms with E-state index in [0.29, 0.717) is 27.8 Å². The van der Waals surface area contributed by atoms with Crippen LogP contribution in [0.3, 0.4) is 0 Å². The standard InChI is InChI=1S/C32H36Cl2N2O9/c1-31(2)28(36(3)4)25(40)26(41)30(44-31)45-32-9-5-6-17(32)23-16-8-7-15(24(23)34)21(38)13-42-22(39)12-19(35)14-10-18(33)27(20(37)11-14)43-29(16)32/h5-11,19,21,25-26,28-30,37-38,40-41H,12-13,35H2,1-4H3/t19-,21-,25-,26+,28-,29+,30-,32+/m0/s1. The lowest BCUT2D eigenvalue weighted by molar-refractivity contribution is -0.329. The van der Waals surface area contributed by atoms with Crippen molar-refractivity contribution in [2.45, 2.75) is 74.3 Å². The van der Waals surface area contributed by atoms with Gasteiger partial charge in [0.25, 0.3) is 0 Å². The Morgan fingerprint density at radius 3 is 2.49 bits per heavy atom. The number of aliphatic hydroxyl groups is 3. The second kappa shape index (κ2) is 11.5. The molecule has 5 aliphatic heterocycles. The average Bonchev–Trinajstić information content (AvgIpc) is 3.46. The van der Waals surface area contributed by atoms with Crippen LogP contribution in [0.2, 0.25) is 10.0 Å². The van der Waals surface area contributed by atoms with Crippen LogP contribution in [-0.2, 0) is 19.0 Å². The summed E-state index contributed by atoms with van der Waals surface area (Å²) in [6, 6.07) is 4.72. The number of aromatic hydroxyl groups is 1. The van der Waals surface area contributed by atoms with Crippen molar-refractivity contribution in [3.05, 3.63) is 74.8 Å². The third-order valence-corrected chi connectivity index (χ3v) is 9.67. The zero-order valence-corrected chi connectivity index (χ0v) is 26.6. The number of phenols is 1. The van der Waals surface area contributed by atoms with Crippen molar-refractivity contribution < 1.29 is 44.2 Å². The molecule has 45 heavy (non-hydrogen) atoms. The van der Waals surface area contributed by atoms with Crippen LogP contribution in [0.5, 0.6) is 11.5 Å². The van der Waals surface area contributed by atoms with Gasteiger partial charge in [0, 0.05) is 28.3 Å². The first-order valence-electron chi connectivity index (χ1n) is 14.6. The summed E-state index contributed by atoms with van der Waals surface area (Å²) in [6.45, 7) is 3.22. The number of ether oxygens (including phenoxy) is 4. The van der Waals surface area contributed by atoms with E-state index < -0.39 is 60.0 Å². The number of benzene rings is 2. The fourth-order valence-electron chi connectivity index (χ4n) is 6.99. The molecule has 7 aliphatic rings. The van der Waals surface area contributed by atoms with Crippen LogP contribution in [0.4, 0.5) is 0 Å². The van der Waals surface area contributed by atoms with Crippen molar-refractivity contribution >= 4 is 34.7 Å². The van der Waals surface area contributed by atoms with Crippen molar-refractivity contribution in [2.24, 2.45) is 5.73 Å². The van der Waals surface area contributed by atoms with E-state index in [0.717, 1.165) is 0 Å². The van der Waals surface area contributed by atoms with E-state index in [1.54, 1.807) is 63.2 Å². The number of hydrogen-bond donors (Lipinski definition) is 5. The van der Waals surface area contributed by atoms with Crippen LogP contribution in [-0.4, -0.2) is 87.7 Å². The third kappa shape index (κ3) is 5.24. The fourth-order valence-corrected chi connectivity index (χ4v) is 7.66. The fraction of sp³-hybridized carbons (Fsp3) is 0.469. The molecular formula is C32H36Cl2N2O9. The number of halogens is 2. The molecule has 242 valence electrons. The summed E-state index contributed by atoms with van der Waals surface area (Å²) in [4.78, 5) is 14.3. The molecule has 6 bridgehead atoms. The van der Waals surface area contributed by atoms with Gasteiger partial charge >= 0.3 is 5.97 Å². The summed E-state index contributed by atoms with van der Waals surface area (Å²) in [6.07, 6.45) is -1.35. The molecule has 0 spiro atoms. The number of hydrogen-bond acceptors (Lipinski definition) is 11. The first-order valence-corrected chi connectivity index (χ1v) is 15.3. The predicted molar refractivity (Wildman–Crippen MR) is 165 cm³/mol. The number of allylic oxidation sites excluding steroid dienone is 2. The van der Waals surface area contributed by atoms with E-state index in [1.165, 1.54) is 12.1 Å². The summed E-state index contributed by atoms with van der Waals surface area (Å²) in [5.74, 6) is -1.08. The molecule has 2 aliphatic carbocycles. The molecule has 6 N–H and O–H groups in total. The first-order chi connectivity index (χ1) is 21.2. The Morgan fingerprint density at radius 2 is 1.80 bits per heavy atom. The van der Waals surface area contributed by atoms with Gasteiger partial charge in [0.1, 0.15) is 24.9 Å². The summed E-state index contributed by atoms with van der Waals surface area (Å²) in [7, 11) is 3.57. The molecule has 1 fully saturated rings. The molecule has 13 heteroatoms. The van der Waals surface area contributed by atoms with Gasteiger partial charge in [-0.3, -0.25) is 4.79 Å². The van der Waals surface area contributed by atoms with Gasteiger partial charge in [0.2, 0.25) is 0 Å². The van der Waals surface area contributed by atoms with Crippen molar-refractivity contribution in [2.75, 3.05) is 20.7 Å². The zero-order chi connectivity index (χ0) is 32.6. The third-order valence-electron chi connectivity index (χ3n) is 8.98. The molecule has 9 rings (SSSR count). The number of carbonyl (C=O) groups is 1. The second-order valence-electron chi connectivity index (χ2n) is 12.6. The highest BCUT2D eigenvalue weighted by atomic mass is 35.5. The van der Waals surface area contributed by atoms with E-state index in [2.05, 4.69) is 0 Å². The molecule has 5 heterocycles. The Kier molecular flexibility index (Phi) is 8.25. The Balaban J connectivity index is 1.50. The SMILES string of the molecule is CN(C)[C@H]1[C@@H](O)[C@@H](O)[C@H](O[C@]23C=CC=C2c2c4ccc(c2Cl)[C@@H](O)COC(=O)C[C@H](N)c2cc(O)c(c(Cl)c2)O[C@H]43)OC1(C)C. The van der Waals surface area contributed by atoms with Gasteiger partial charge < -0.3 is 50.0 Å². The molecule has 0 aromatic heterocycles. The predicted octanol–water partition coefficient (Wildman–Crippen LogP) is 3.31. The molecule has 0 amide bonds. The maximum absolute atomic E-state index is 12.6. The highest BCUT2D eigenvalue weighted by Crippen LogP contribution is 2.59. The molecule has 11 nitrogen and oxygen atoms in total. The maximum Gasteiger partial charge on any atom is 0.307 e. The number of likely N-dealkylation sites (N-methyl/N-ethyl adjacent to an activating group) is 1. The van der Waals surface area contributed by atoms with Crippen LogP contribution >= 0.6 is 23.2 Å². The molecule has 0 unspecified atom stereocenters. The minimum absolute atomic E-state index is 0.0227. The Labute approximate surface area is 270 Å². The highest BCUT2D eigenvalue weighted by molar-refractivity contribution is 6.34. The summed E-state index contributed by atoms with van der Waals surface area (Å²) in [5.41, 5.74) is 5.98. The van der Waals surface area contributed by atoms with Gasteiger partial charge in [-0.05, 0) is 51.7 Å². The van der Waals surface area contributed by atoms with E-state index in [1.807, 2.05) is 0 Å². The van der Waals surface area contributed by atoms with Crippen LogP contribution < -0.4 is 10.5 Å². The van der Waals surface area contributed by atoms with Crippen LogP contribution in [0.25, 0.3) is 5.57 Å². The number of esters is 1. The Morgan fingerprint density at radius 1 is 1.09 bits per heavy atom. The molecule has 1 saturated heterocycles. The average molecular weight is 664 g/mol. The van der Waals surface area contributed by atoms with Crippen LogP contribution in [0.1, 0.15) is 60.8 Å². The lowest BCUT2D eigenvalue weighted by atomic mass is 9.86. The number of nitrogens with two attached hydrogens (primary N) is 1. The van der Waals surface area contributed by atoms with Crippen molar-refractivity contribution in [1.82, 2.24) is 4.90 Å². The topological polar surface area (TPSA) is 164 Å². The Hall–Kier alpha value is -2.71. The molecule has 2 aromatic rings. The minimum Gasteiger partial charge on any atom is -0.504 e. The van der Waals surface area contributed by atoms with Gasteiger partial charge in [0.05, 0.1) is 28.1 Å². The second-order valence-corrected chi connectivity index (χ2v) is 13.4. The number of phenolic OH excluding ortho intramolecular Hbond substituents is 1. The van der Waals surface area contributed by atoms with Gasteiger partial charge in [-0.25, -0.2) is 0 Å². The van der Waals surface area contributed by atoms with Crippen LogP contribution in [0, 0.1) is 0 Å². The van der Waals surface area contributed by atoms with Gasteiger partial charge in [-0.1, -0.05) is 47.5 Å². The summed E-state index contributed by atoms with van der Waals surface area (Å²) < 4.78 is 24.8. The van der Waals surface area contributed by atoms with Gasteiger partial charge in [0.15, 0.2) is 29.5 Å². The first kappa shape index (κ1) is 32.2. The normalized spacial score (nSPS) is 33.7. The monoisotopic (exact) mass is 662 g/mol. The summed E-state index contributed by atoms with van der Waals surface area (Å²) >= 11 is 13.6. The van der Waals surface area contributed by atoms with Crippen LogP contribution in [0.15, 0.2) is 42.5 Å². The molecule has 2 aromatic carbocycles. The number of carbonyl (C=O) groups excluding carboxylic acids is 1. The lowest BCUT2D eigenvalue weighted by Gasteiger charge is -2.51. The number of aliphatic hydroxyl groups excluding tert-OH is 3.